The van der Waals surface area contributed by atoms with Gasteiger partial charge in [0.2, 0.25) is 0 Å². The standard InChI is InChI=1S/C20H23FN2O3/c1-22(20(24)15-7-8-19(25-2)17(21)13-15)14-16-5-3-4-6-18(16)23-9-11-26-12-10-23/h3-8,13H,9-12,14H2,1-2H3. The summed E-state index contributed by atoms with van der Waals surface area (Å²) in [4.78, 5) is 16.5. The fraction of sp³-hybridized carbons (Fsp3) is 0.350. The average Bonchev–Trinajstić information content (AvgIpc) is 2.68. The third-order valence-electron chi connectivity index (χ3n) is 4.50. The third-order valence-corrected chi connectivity index (χ3v) is 4.50. The highest BCUT2D eigenvalue weighted by molar-refractivity contribution is 5.94. The van der Waals surface area contributed by atoms with E-state index >= 15 is 0 Å². The fourth-order valence-corrected chi connectivity index (χ4v) is 3.10. The van der Waals surface area contributed by atoms with Crippen LogP contribution in [-0.2, 0) is 11.3 Å². The lowest BCUT2D eigenvalue weighted by molar-refractivity contribution is 0.0784. The molecule has 1 amide bonds. The largest absolute Gasteiger partial charge is 0.494 e. The van der Waals surface area contributed by atoms with E-state index < -0.39 is 5.82 Å². The maximum atomic E-state index is 13.9. The first kappa shape index (κ1) is 18.2. The highest BCUT2D eigenvalue weighted by Crippen LogP contribution is 2.24. The lowest BCUT2D eigenvalue weighted by Crippen LogP contribution is -2.37. The number of hydrogen-bond donors (Lipinski definition) is 0. The summed E-state index contributed by atoms with van der Waals surface area (Å²) in [6.07, 6.45) is 0. The van der Waals surface area contributed by atoms with Gasteiger partial charge in [0.1, 0.15) is 0 Å². The minimum atomic E-state index is -0.541. The number of carbonyl (C=O) groups excluding carboxylic acids is 1. The summed E-state index contributed by atoms with van der Waals surface area (Å²) in [5.41, 5.74) is 2.46. The molecule has 0 radical (unpaired) electrons. The first-order chi connectivity index (χ1) is 12.6. The Morgan fingerprint density at radius 3 is 2.65 bits per heavy atom. The molecule has 2 aromatic carbocycles. The molecule has 26 heavy (non-hydrogen) atoms. The normalized spacial score (nSPS) is 14.2. The highest BCUT2D eigenvalue weighted by atomic mass is 19.1. The molecule has 1 heterocycles. The van der Waals surface area contributed by atoms with Crippen molar-refractivity contribution in [1.29, 1.82) is 0 Å². The Kier molecular flexibility index (Phi) is 5.73. The molecule has 0 atom stereocenters. The summed E-state index contributed by atoms with van der Waals surface area (Å²) in [5.74, 6) is -0.648. The predicted octanol–water partition coefficient (Wildman–Crippen LogP) is 2.94. The maximum Gasteiger partial charge on any atom is 0.254 e. The number of rotatable bonds is 5. The molecule has 5 nitrogen and oxygen atoms in total. The predicted molar refractivity (Wildman–Crippen MR) is 98.2 cm³/mol. The molecule has 0 N–H and O–H groups in total. The third kappa shape index (κ3) is 3.96. The van der Waals surface area contributed by atoms with Crippen molar-refractivity contribution in [3.63, 3.8) is 0 Å². The van der Waals surface area contributed by atoms with Gasteiger partial charge in [-0.05, 0) is 29.8 Å². The smallest absolute Gasteiger partial charge is 0.254 e. The zero-order valence-electron chi connectivity index (χ0n) is 15.1. The second-order valence-corrected chi connectivity index (χ2v) is 6.24. The molecular formula is C20H23FN2O3. The fourth-order valence-electron chi connectivity index (χ4n) is 3.10. The van der Waals surface area contributed by atoms with Crippen molar-refractivity contribution in [3.05, 3.63) is 59.4 Å². The SMILES string of the molecule is COc1ccc(C(=O)N(C)Cc2ccccc2N2CCOCC2)cc1F. The number of ether oxygens (including phenoxy) is 2. The van der Waals surface area contributed by atoms with E-state index in [4.69, 9.17) is 9.47 Å². The van der Waals surface area contributed by atoms with Crippen LogP contribution in [0, 0.1) is 5.82 Å². The van der Waals surface area contributed by atoms with E-state index in [-0.39, 0.29) is 11.7 Å². The Balaban J connectivity index is 1.76. The number of halogens is 1. The second-order valence-electron chi connectivity index (χ2n) is 6.24. The quantitative estimate of drug-likeness (QED) is 0.824. The molecule has 0 bridgehead atoms. The molecular weight excluding hydrogens is 335 g/mol. The highest BCUT2D eigenvalue weighted by Gasteiger charge is 2.18. The van der Waals surface area contributed by atoms with Gasteiger partial charge >= 0.3 is 0 Å². The minimum Gasteiger partial charge on any atom is -0.494 e. The molecule has 138 valence electrons. The maximum absolute atomic E-state index is 13.9. The van der Waals surface area contributed by atoms with Gasteiger partial charge in [0.15, 0.2) is 11.6 Å². The van der Waals surface area contributed by atoms with Crippen LogP contribution in [0.4, 0.5) is 10.1 Å². The van der Waals surface area contributed by atoms with Crippen LogP contribution in [0.15, 0.2) is 42.5 Å². The van der Waals surface area contributed by atoms with Gasteiger partial charge in [-0.3, -0.25) is 4.79 Å². The van der Waals surface area contributed by atoms with Gasteiger partial charge in [-0.2, -0.15) is 0 Å². The summed E-state index contributed by atoms with van der Waals surface area (Å²) in [7, 11) is 3.12. The monoisotopic (exact) mass is 358 g/mol. The number of morpholine rings is 1. The molecule has 2 aromatic rings. The summed E-state index contributed by atoms with van der Waals surface area (Å²) >= 11 is 0. The molecule has 0 saturated carbocycles. The van der Waals surface area contributed by atoms with E-state index in [0.717, 1.165) is 24.3 Å². The molecule has 0 unspecified atom stereocenters. The summed E-state index contributed by atoms with van der Waals surface area (Å²) < 4.78 is 24.2. The van der Waals surface area contributed by atoms with E-state index in [1.165, 1.54) is 19.2 Å². The lowest BCUT2D eigenvalue weighted by atomic mass is 10.1. The van der Waals surface area contributed by atoms with Crippen LogP contribution < -0.4 is 9.64 Å². The van der Waals surface area contributed by atoms with Crippen LogP contribution in [-0.4, -0.2) is 51.3 Å². The molecule has 1 aliphatic heterocycles. The molecule has 3 rings (SSSR count). The lowest BCUT2D eigenvalue weighted by Gasteiger charge is -2.31. The molecule has 1 fully saturated rings. The Morgan fingerprint density at radius 1 is 1.23 bits per heavy atom. The second kappa shape index (κ2) is 8.19. The number of nitrogens with zero attached hydrogens (tertiary/aromatic N) is 2. The van der Waals surface area contributed by atoms with Gasteiger partial charge < -0.3 is 19.3 Å². The van der Waals surface area contributed by atoms with E-state index in [2.05, 4.69) is 11.0 Å². The van der Waals surface area contributed by atoms with Crippen LogP contribution in [0.1, 0.15) is 15.9 Å². The number of para-hydroxylation sites is 1. The van der Waals surface area contributed by atoms with Gasteiger partial charge in [-0.15, -0.1) is 0 Å². The molecule has 6 heteroatoms. The van der Waals surface area contributed by atoms with Gasteiger partial charge in [-0.1, -0.05) is 18.2 Å². The number of benzene rings is 2. The Hall–Kier alpha value is -2.60. The van der Waals surface area contributed by atoms with Crippen LogP contribution >= 0.6 is 0 Å². The van der Waals surface area contributed by atoms with Crippen molar-refractivity contribution in [2.45, 2.75) is 6.54 Å². The van der Waals surface area contributed by atoms with Crippen molar-refractivity contribution in [3.8, 4) is 5.75 Å². The molecule has 1 saturated heterocycles. The van der Waals surface area contributed by atoms with Gasteiger partial charge in [0.05, 0.1) is 20.3 Å². The van der Waals surface area contributed by atoms with Crippen molar-refractivity contribution in [2.75, 3.05) is 45.4 Å². The number of carbonyl (C=O) groups is 1. The number of anilines is 1. The number of methoxy groups -OCH3 is 1. The van der Waals surface area contributed by atoms with Crippen LogP contribution in [0.25, 0.3) is 0 Å². The summed E-state index contributed by atoms with van der Waals surface area (Å²) in [5, 5.41) is 0. The first-order valence-electron chi connectivity index (χ1n) is 8.59. The van der Waals surface area contributed by atoms with Gasteiger partial charge in [-0.25, -0.2) is 4.39 Å². The van der Waals surface area contributed by atoms with Gasteiger partial charge in [0.25, 0.3) is 5.91 Å². The van der Waals surface area contributed by atoms with Crippen molar-refractivity contribution in [2.24, 2.45) is 0 Å². The Morgan fingerprint density at radius 2 is 1.96 bits per heavy atom. The molecule has 0 spiro atoms. The molecule has 0 aliphatic carbocycles. The van der Waals surface area contributed by atoms with Crippen molar-refractivity contribution < 1.29 is 18.7 Å². The van der Waals surface area contributed by atoms with Crippen LogP contribution in [0.2, 0.25) is 0 Å². The molecule has 1 aliphatic rings. The van der Waals surface area contributed by atoms with E-state index in [0.29, 0.717) is 25.3 Å². The van der Waals surface area contributed by atoms with Crippen molar-refractivity contribution in [1.82, 2.24) is 4.90 Å². The number of amides is 1. The first-order valence-corrected chi connectivity index (χ1v) is 8.59. The van der Waals surface area contributed by atoms with E-state index in [1.54, 1.807) is 18.0 Å². The summed E-state index contributed by atoms with van der Waals surface area (Å²) in [6.45, 7) is 3.51. The Labute approximate surface area is 152 Å². The van der Waals surface area contributed by atoms with E-state index in [1.807, 2.05) is 18.2 Å². The zero-order chi connectivity index (χ0) is 18.5. The number of hydrogen-bond acceptors (Lipinski definition) is 4. The van der Waals surface area contributed by atoms with Crippen molar-refractivity contribution >= 4 is 11.6 Å². The topological polar surface area (TPSA) is 42.0 Å². The summed E-state index contributed by atoms with van der Waals surface area (Å²) in [6, 6.07) is 12.3. The van der Waals surface area contributed by atoms with Gasteiger partial charge in [0, 0.05) is 37.9 Å². The Bertz CT molecular complexity index is 775. The zero-order valence-corrected chi connectivity index (χ0v) is 15.1. The van der Waals surface area contributed by atoms with Crippen LogP contribution in [0.5, 0.6) is 5.75 Å². The minimum absolute atomic E-state index is 0.127. The average molecular weight is 358 g/mol. The molecule has 0 aromatic heterocycles. The van der Waals surface area contributed by atoms with E-state index in [9.17, 15) is 9.18 Å². The van der Waals surface area contributed by atoms with Crippen LogP contribution in [0.3, 0.4) is 0 Å².